The van der Waals surface area contributed by atoms with Crippen LogP contribution < -0.4 is 5.32 Å². The number of nitrogens with zero attached hydrogens (tertiary/aromatic N) is 2. The summed E-state index contributed by atoms with van der Waals surface area (Å²) in [5.74, 6) is -0.173. The molecule has 1 atom stereocenters. The van der Waals surface area contributed by atoms with E-state index in [2.05, 4.69) is 15.5 Å². The van der Waals surface area contributed by atoms with Crippen molar-refractivity contribution in [2.24, 2.45) is 0 Å². The molecule has 5 heteroatoms. The third-order valence-corrected chi connectivity index (χ3v) is 4.81. The smallest absolute Gasteiger partial charge is 0.269 e. The second kappa shape index (κ2) is 7.56. The molecular weight excluding hydrogens is 348 g/mol. The molecule has 2 N–H and O–H groups in total. The van der Waals surface area contributed by atoms with Gasteiger partial charge in [0.05, 0.1) is 11.7 Å². The summed E-state index contributed by atoms with van der Waals surface area (Å²) in [6.45, 7) is 4.01. The summed E-state index contributed by atoms with van der Waals surface area (Å²) in [6.07, 6.45) is 4.01. The first-order valence-corrected chi connectivity index (χ1v) is 9.27. The van der Waals surface area contributed by atoms with Crippen LogP contribution >= 0.6 is 0 Å². The monoisotopic (exact) mass is 370 g/mol. The Balaban J connectivity index is 1.44. The van der Waals surface area contributed by atoms with Gasteiger partial charge in [-0.1, -0.05) is 42.0 Å². The van der Waals surface area contributed by atoms with Gasteiger partial charge in [0.25, 0.3) is 5.91 Å². The lowest BCUT2D eigenvalue weighted by Crippen LogP contribution is -2.26. The van der Waals surface area contributed by atoms with Crippen LogP contribution in [0.4, 0.5) is 0 Å². The van der Waals surface area contributed by atoms with Gasteiger partial charge in [0.2, 0.25) is 0 Å². The number of aromatic amines is 1. The molecule has 0 aliphatic rings. The number of benzene rings is 2. The fourth-order valence-corrected chi connectivity index (χ4v) is 3.11. The molecule has 0 aliphatic heterocycles. The van der Waals surface area contributed by atoms with Gasteiger partial charge in [-0.25, -0.2) is 0 Å². The molecular formula is C23H22N4O. The maximum absolute atomic E-state index is 12.6. The summed E-state index contributed by atoms with van der Waals surface area (Å²) in [5, 5.41) is 10.1. The van der Waals surface area contributed by atoms with E-state index in [0.717, 1.165) is 22.5 Å². The van der Waals surface area contributed by atoms with Crippen molar-refractivity contribution in [1.29, 1.82) is 0 Å². The number of hydrogen-bond donors (Lipinski definition) is 2. The van der Waals surface area contributed by atoms with Crippen molar-refractivity contribution in [3.8, 4) is 16.9 Å². The first-order chi connectivity index (χ1) is 13.6. The van der Waals surface area contributed by atoms with Crippen molar-refractivity contribution in [3.63, 3.8) is 0 Å². The second-order valence-corrected chi connectivity index (χ2v) is 6.91. The molecule has 2 aromatic carbocycles. The third kappa shape index (κ3) is 3.74. The van der Waals surface area contributed by atoms with E-state index in [1.807, 2.05) is 91.5 Å². The summed E-state index contributed by atoms with van der Waals surface area (Å²) in [4.78, 5) is 12.6. The lowest BCUT2D eigenvalue weighted by Gasteiger charge is -2.14. The molecule has 0 saturated carbocycles. The fourth-order valence-electron chi connectivity index (χ4n) is 3.11. The maximum Gasteiger partial charge on any atom is 0.269 e. The Morgan fingerprint density at radius 3 is 2.39 bits per heavy atom. The molecule has 28 heavy (non-hydrogen) atoms. The highest BCUT2D eigenvalue weighted by Gasteiger charge is 2.14. The summed E-state index contributed by atoms with van der Waals surface area (Å²) in [5.41, 5.74) is 5.51. The number of rotatable bonds is 5. The second-order valence-electron chi connectivity index (χ2n) is 6.91. The van der Waals surface area contributed by atoms with Crippen LogP contribution in [0, 0.1) is 6.92 Å². The average Bonchev–Trinajstić information content (AvgIpc) is 3.41. The fraction of sp³-hybridized carbons (Fsp3) is 0.130. The van der Waals surface area contributed by atoms with E-state index in [-0.39, 0.29) is 11.9 Å². The van der Waals surface area contributed by atoms with Crippen molar-refractivity contribution in [2.45, 2.75) is 19.9 Å². The molecule has 4 aromatic rings. The van der Waals surface area contributed by atoms with E-state index in [0.29, 0.717) is 5.69 Å². The van der Waals surface area contributed by atoms with Gasteiger partial charge >= 0.3 is 0 Å². The van der Waals surface area contributed by atoms with Crippen molar-refractivity contribution in [1.82, 2.24) is 20.1 Å². The molecule has 5 nitrogen and oxygen atoms in total. The zero-order valence-electron chi connectivity index (χ0n) is 15.9. The number of hydrogen-bond acceptors (Lipinski definition) is 2. The predicted molar refractivity (Wildman–Crippen MR) is 110 cm³/mol. The number of carbonyl (C=O) groups excluding carboxylic acids is 1. The summed E-state index contributed by atoms with van der Waals surface area (Å²) in [6, 6.07) is 21.9. The van der Waals surface area contributed by atoms with Gasteiger partial charge < -0.3 is 9.88 Å². The lowest BCUT2D eigenvalue weighted by atomic mass is 10.1. The molecule has 2 heterocycles. The van der Waals surface area contributed by atoms with Gasteiger partial charge in [-0.3, -0.25) is 9.89 Å². The number of nitrogens with one attached hydrogen (secondary N) is 2. The standard InChI is InChI=1S/C23H22N4O/c1-16-5-7-19(8-6-16)21-15-22(26-25-21)23(28)24-17(2)18-9-11-20(12-10-18)27-13-3-4-14-27/h3-15,17H,1-2H3,(H,24,28)(H,25,26). The Kier molecular flexibility index (Phi) is 4.81. The number of carbonyl (C=O) groups is 1. The van der Waals surface area contributed by atoms with E-state index in [1.165, 1.54) is 5.56 Å². The van der Waals surface area contributed by atoms with Crippen LogP contribution in [0.2, 0.25) is 0 Å². The quantitative estimate of drug-likeness (QED) is 0.536. The van der Waals surface area contributed by atoms with Crippen molar-refractivity contribution in [3.05, 3.63) is 95.9 Å². The number of amides is 1. The van der Waals surface area contributed by atoms with Gasteiger partial charge in [0.1, 0.15) is 5.69 Å². The molecule has 140 valence electrons. The summed E-state index contributed by atoms with van der Waals surface area (Å²) < 4.78 is 2.05. The first kappa shape index (κ1) is 17.8. The maximum atomic E-state index is 12.6. The zero-order valence-corrected chi connectivity index (χ0v) is 15.9. The highest BCUT2D eigenvalue weighted by molar-refractivity contribution is 5.93. The minimum Gasteiger partial charge on any atom is -0.344 e. The predicted octanol–water partition coefficient (Wildman–Crippen LogP) is 4.67. The molecule has 0 saturated heterocycles. The Bertz CT molecular complexity index is 1060. The molecule has 1 amide bonds. The molecule has 0 fully saturated rings. The van der Waals surface area contributed by atoms with Crippen LogP contribution in [0.5, 0.6) is 0 Å². The first-order valence-electron chi connectivity index (χ1n) is 9.27. The van der Waals surface area contributed by atoms with E-state index >= 15 is 0 Å². The van der Waals surface area contributed by atoms with Crippen LogP contribution in [-0.4, -0.2) is 20.7 Å². The Labute approximate surface area is 164 Å². The van der Waals surface area contributed by atoms with E-state index in [9.17, 15) is 4.79 Å². The number of aromatic nitrogens is 3. The molecule has 1 unspecified atom stereocenters. The van der Waals surface area contributed by atoms with Crippen molar-refractivity contribution >= 4 is 5.91 Å². The molecule has 2 aromatic heterocycles. The van der Waals surface area contributed by atoms with Crippen LogP contribution in [0.3, 0.4) is 0 Å². The van der Waals surface area contributed by atoms with Crippen molar-refractivity contribution < 1.29 is 4.79 Å². The van der Waals surface area contributed by atoms with Crippen LogP contribution in [-0.2, 0) is 0 Å². The number of H-pyrrole nitrogens is 1. The summed E-state index contributed by atoms with van der Waals surface area (Å²) >= 11 is 0. The highest BCUT2D eigenvalue weighted by Crippen LogP contribution is 2.20. The summed E-state index contributed by atoms with van der Waals surface area (Å²) in [7, 11) is 0. The van der Waals surface area contributed by atoms with Crippen molar-refractivity contribution in [2.75, 3.05) is 0 Å². The van der Waals surface area contributed by atoms with Gasteiger partial charge in [0, 0.05) is 23.6 Å². The Morgan fingerprint density at radius 1 is 1.04 bits per heavy atom. The van der Waals surface area contributed by atoms with Gasteiger partial charge in [-0.15, -0.1) is 0 Å². The Hall–Kier alpha value is -3.60. The van der Waals surface area contributed by atoms with Crippen LogP contribution in [0.25, 0.3) is 16.9 Å². The largest absolute Gasteiger partial charge is 0.344 e. The molecule has 0 radical (unpaired) electrons. The zero-order chi connectivity index (χ0) is 19.5. The van der Waals surface area contributed by atoms with Gasteiger partial charge in [0.15, 0.2) is 0 Å². The van der Waals surface area contributed by atoms with E-state index < -0.39 is 0 Å². The van der Waals surface area contributed by atoms with E-state index in [1.54, 1.807) is 6.07 Å². The van der Waals surface area contributed by atoms with E-state index in [4.69, 9.17) is 0 Å². The highest BCUT2D eigenvalue weighted by atomic mass is 16.2. The topological polar surface area (TPSA) is 62.7 Å². The van der Waals surface area contributed by atoms with Gasteiger partial charge in [-0.2, -0.15) is 5.10 Å². The molecule has 0 aliphatic carbocycles. The molecule has 4 rings (SSSR count). The van der Waals surface area contributed by atoms with Crippen LogP contribution in [0.15, 0.2) is 79.1 Å². The van der Waals surface area contributed by atoms with Crippen LogP contribution in [0.1, 0.15) is 34.6 Å². The SMILES string of the molecule is Cc1ccc(-c2cc(C(=O)NC(C)c3ccc(-n4cccc4)cc3)[nH]n2)cc1. The minimum absolute atomic E-state index is 0.114. The lowest BCUT2D eigenvalue weighted by molar-refractivity contribution is 0.0935. The molecule has 0 bridgehead atoms. The molecule has 0 spiro atoms. The minimum atomic E-state index is -0.173. The Morgan fingerprint density at radius 2 is 1.71 bits per heavy atom. The normalized spacial score (nSPS) is 11.9. The number of aryl methyl sites for hydroxylation is 1. The third-order valence-electron chi connectivity index (χ3n) is 4.81. The average molecular weight is 370 g/mol. The van der Waals surface area contributed by atoms with Gasteiger partial charge in [-0.05, 0) is 49.7 Å².